The van der Waals surface area contributed by atoms with Gasteiger partial charge in [-0.05, 0) is 30.3 Å². The first-order chi connectivity index (χ1) is 12.6. The van der Waals surface area contributed by atoms with Crippen molar-refractivity contribution in [2.45, 2.75) is 0 Å². The fourth-order valence-corrected chi connectivity index (χ4v) is 2.79. The number of H-pyrrole nitrogens is 1. The SMILES string of the molecule is NC(=O)Oc1cccc2[nH]c(-c3cccc(-n4ccc(C=O)c4)c3)nc12. The lowest BCUT2D eigenvalue weighted by atomic mass is 10.2. The molecule has 128 valence electrons. The number of nitrogens with one attached hydrogen (secondary N) is 1. The third-order valence-electron chi connectivity index (χ3n) is 3.96. The number of carbonyl (C=O) groups excluding carboxylic acids is 2. The number of nitrogens with two attached hydrogens (primary N) is 1. The van der Waals surface area contributed by atoms with Crippen LogP contribution in [0.3, 0.4) is 0 Å². The first kappa shape index (κ1) is 15.6. The molecule has 7 heteroatoms. The summed E-state index contributed by atoms with van der Waals surface area (Å²) in [5.41, 5.74) is 8.71. The molecule has 0 aliphatic rings. The Morgan fingerprint density at radius 2 is 2.04 bits per heavy atom. The molecule has 4 aromatic rings. The highest BCUT2D eigenvalue weighted by atomic mass is 16.5. The van der Waals surface area contributed by atoms with E-state index in [1.165, 1.54) is 0 Å². The molecule has 3 N–H and O–H groups in total. The van der Waals surface area contributed by atoms with E-state index in [0.29, 0.717) is 22.7 Å². The van der Waals surface area contributed by atoms with Crippen LogP contribution >= 0.6 is 0 Å². The third-order valence-corrected chi connectivity index (χ3v) is 3.96. The number of benzene rings is 2. The molecule has 0 saturated heterocycles. The average molecular weight is 346 g/mol. The van der Waals surface area contributed by atoms with Crippen molar-refractivity contribution in [1.29, 1.82) is 0 Å². The van der Waals surface area contributed by atoms with Crippen molar-refractivity contribution in [3.63, 3.8) is 0 Å². The van der Waals surface area contributed by atoms with Gasteiger partial charge in [-0.2, -0.15) is 0 Å². The van der Waals surface area contributed by atoms with Gasteiger partial charge in [0.05, 0.1) is 5.52 Å². The van der Waals surface area contributed by atoms with Crippen molar-refractivity contribution in [3.05, 3.63) is 66.5 Å². The van der Waals surface area contributed by atoms with E-state index >= 15 is 0 Å². The molecule has 0 aliphatic heterocycles. The van der Waals surface area contributed by atoms with Gasteiger partial charge in [-0.3, -0.25) is 4.79 Å². The number of aromatic nitrogens is 3. The van der Waals surface area contributed by atoms with E-state index in [1.807, 2.05) is 41.1 Å². The van der Waals surface area contributed by atoms with E-state index in [9.17, 15) is 9.59 Å². The summed E-state index contributed by atoms with van der Waals surface area (Å²) in [6.45, 7) is 0. The molecule has 0 saturated carbocycles. The van der Waals surface area contributed by atoms with Crippen LogP contribution in [0.2, 0.25) is 0 Å². The lowest BCUT2D eigenvalue weighted by Gasteiger charge is -2.04. The van der Waals surface area contributed by atoms with E-state index in [-0.39, 0.29) is 0 Å². The molecule has 0 unspecified atom stereocenters. The molecule has 0 atom stereocenters. The Hall–Kier alpha value is -3.87. The third kappa shape index (κ3) is 2.82. The van der Waals surface area contributed by atoms with Crippen LogP contribution < -0.4 is 10.5 Å². The monoisotopic (exact) mass is 346 g/mol. The van der Waals surface area contributed by atoms with Crippen LogP contribution in [0.5, 0.6) is 5.75 Å². The molecule has 0 radical (unpaired) electrons. The second-order valence-electron chi connectivity index (χ2n) is 5.68. The topological polar surface area (TPSA) is 103 Å². The number of aldehydes is 1. The highest BCUT2D eigenvalue weighted by molar-refractivity contribution is 5.87. The number of rotatable bonds is 4. The Bertz CT molecular complexity index is 1130. The molecule has 2 aromatic heterocycles. The predicted octanol–water partition coefficient (Wildman–Crippen LogP) is 3.29. The van der Waals surface area contributed by atoms with E-state index in [0.717, 1.165) is 23.1 Å². The van der Waals surface area contributed by atoms with Crippen molar-refractivity contribution < 1.29 is 14.3 Å². The highest BCUT2D eigenvalue weighted by Crippen LogP contribution is 2.28. The Morgan fingerprint density at radius 3 is 2.81 bits per heavy atom. The summed E-state index contributed by atoms with van der Waals surface area (Å²) >= 11 is 0. The maximum Gasteiger partial charge on any atom is 0.410 e. The minimum Gasteiger partial charge on any atom is -0.408 e. The molecule has 4 rings (SSSR count). The number of ether oxygens (including phenoxy) is 1. The summed E-state index contributed by atoms with van der Waals surface area (Å²) < 4.78 is 6.86. The van der Waals surface area contributed by atoms with Crippen molar-refractivity contribution >= 4 is 23.4 Å². The number of hydrogen-bond donors (Lipinski definition) is 2. The van der Waals surface area contributed by atoms with Crippen LogP contribution in [-0.2, 0) is 0 Å². The zero-order valence-electron chi connectivity index (χ0n) is 13.5. The van der Waals surface area contributed by atoms with Crippen LogP contribution in [-0.4, -0.2) is 26.9 Å². The molecule has 2 heterocycles. The van der Waals surface area contributed by atoms with Crippen LogP contribution in [0, 0.1) is 0 Å². The number of nitrogens with zero attached hydrogens (tertiary/aromatic N) is 2. The second-order valence-corrected chi connectivity index (χ2v) is 5.68. The number of fused-ring (bicyclic) bond motifs is 1. The molecular formula is C19H14N4O3. The fourth-order valence-electron chi connectivity index (χ4n) is 2.79. The summed E-state index contributed by atoms with van der Waals surface area (Å²) in [6, 6.07) is 14.7. The Morgan fingerprint density at radius 1 is 1.19 bits per heavy atom. The predicted molar refractivity (Wildman–Crippen MR) is 96.5 cm³/mol. The Balaban J connectivity index is 1.77. The van der Waals surface area contributed by atoms with Crippen LogP contribution in [0.1, 0.15) is 10.4 Å². The van der Waals surface area contributed by atoms with Crippen molar-refractivity contribution in [2.75, 3.05) is 0 Å². The summed E-state index contributed by atoms with van der Waals surface area (Å²) in [4.78, 5) is 29.7. The minimum absolute atomic E-state index is 0.301. The largest absolute Gasteiger partial charge is 0.410 e. The maximum atomic E-state index is 11.1. The first-order valence-corrected chi connectivity index (χ1v) is 7.84. The van der Waals surface area contributed by atoms with Gasteiger partial charge in [-0.1, -0.05) is 18.2 Å². The van der Waals surface area contributed by atoms with Gasteiger partial charge in [-0.25, -0.2) is 9.78 Å². The molecule has 26 heavy (non-hydrogen) atoms. The Labute approximate surface area is 148 Å². The van der Waals surface area contributed by atoms with Gasteiger partial charge < -0.3 is 20.0 Å². The molecule has 1 amide bonds. The normalized spacial score (nSPS) is 10.8. The molecule has 2 aromatic carbocycles. The Kier molecular flexibility index (Phi) is 3.74. The van der Waals surface area contributed by atoms with Gasteiger partial charge in [0.25, 0.3) is 0 Å². The zero-order valence-corrected chi connectivity index (χ0v) is 13.5. The number of imidazole rings is 1. The van der Waals surface area contributed by atoms with Gasteiger partial charge in [-0.15, -0.1) is 0 Å². The fraction of sp³-hybridized carbons (Fsp3) is 0. The lowest BCUT2D eigenvalue weighted by Crippen LogP contribution is -2.16. The minimum atomic E-state index is -0.886. The zero-order chi connectivity index (χ0) is 18.1. The molecule has 0 fully saturated rings. The summed E-state index contributed by atoms with van der Waals surface area (Å²) in [5, 5.41) is 0. The van der Waals surface area contributed by atoms with Crippen LogP contribution in [0.15, 0.2) is 60.9 Å². The smallest absolute Gasteiger partial charge is 0.408 e. The molecule has 0 aliphatic carbocycles. The number of aromatic amines is 1. The van der Waals surface area contributed by atoms with Gasteiger partial charge in [0.2, 0.25) is 0 Å². The van der Waals surface area contributed by atoms with E-state index < -0.39 is 6.09 Å². The number of primary amides is 1. The van der Waals surface area contributed by atoms with Gasteiger partial charge in [0.15, 0.2) is 12.0 Å². The quantitative estimate of drug-likeness (QED) is 0.553. The molecule has 0 spiro atoms. The summed E-state index contributed by atoms with van der Waals surface area (Å²) in [5.74, 6) is 0.930. The number of para-hydroxylation sites is 1. The van der Waals surface area contributed by atoms with Crippen molar-refractivity contribution in [1.82, 2.24) is 14.5 Å². The van der Waals surface area contributed by atoms with Crippen molar-refractivity contribution in [2.24, 2.45) is 5.73 Å². The molecule has 0 bridgehead atoms. The van der Waals surface area contributed by atoms with E-state index in [2.05, 4.69) is 9.97 Å². The number of carbonyl (C=O) groups is 2. The lowest BCUT2D eigenvalue weighted by molar-refractivity contribution is 0.112. The summed E-state index contributed by atoms with van der Waals surface area (Å²) in [7, 11) is 0. The number of hydrogen-bond acceptors (Lipinski definition) is 4. The second kappa shape index (κ2) is 6.21. The van der Waals surface area contributed by atoms with Crippen LogP contribution in [0.25, 0.3) is 28.1 Å². The first-order valence-electron chi connectivity index (χ1n) is 7.84. The van der Waals surface area contributed by atoms with Gasteiger partial charge in [0.1, 0.15) is 11.3 Å². The maximum absolute atomic E-state index is 11.1. The molecule has 7 nitrogen and oxygen atoms in total. The number of amides is 1. The van der Waals surface area contributed by atoms with Gasteiger partial charge >= 0.3 is 6.09 Å². The molecular weight excluding hydrogens is 332 g/mol. The van der Waals surface area contributed by atoms with Crippen molar-refractivity contribution in [3.8, 4) is 22.8 Å². The van der Waals surface area contributed by atoms with E-state index in [4.69, 9.17) is 10.5 Å². The standard InChI is InChI=1S/C19H14N4O3/c20-19(25)26-16-6-2-5-15-17(16)22-18(21-15)13-3-1-4-14(9-13)23-8-7-12(10-23)11-24/h1-11H,(H2,20,25)(H,21,22). The average Bonchev–Trinajstić information content (AvgIpc) is 3.29. The van der Waals surface area contributed by atoms with Gasteiger partial charge in [0, 0.05) is 29.2 Å². The van der Waals surface area contributed by atoms with Crippen LogP contribution in [0.4, 0.5) is 4.79 Å². The van der Waals surface area contributed by atoms with E-state index in [1.54, 1.807) is 24.4 Å². The highest BCUT2D eigenvalue weighted by Gasteiger charge is 2.12. The summed E-state index contributed by atoms with van der Waals surface area (Å²) in [6.07, 6.45) is 3.49.